The van der Waals surface area contributed by atoms with Gasteiger partial charge in [-0.25, -0.2) is 14.6 Å². The number of ketones is 1. The molecule has 41 heavy (non-hydrogen) atoms. The minimum Gasteiger partial charge on any atom is -0.462 e. The third kappa shape index (κ3) is 6.95. The number of rotatable bonds is 8. The number of aromatic nitrogens is 1. The van der Waals surface area contributed by atoms with Gasteiger partial charge in [-0.2, -0.15) is 0 Å². The van der Waals surface area contributed by atoms with Gasteiger partial charge in [0.2, 0.25) is 0 Å². The third-order valence-corrected chi connectivity index (χ3v) is 6.55. The Morgan fingerprint density at radius 1 is 0.902 bits per heavy atom. The van der Waals surface area contributed by atoms with Gasteiger partial charge in [-0.05, 0) is 79.7 Å². The second kappa shape index (κ2) is 12.9. The largest absolute Gasteiger partial charge is 0.462 e. The average Bonchev–Trinajstić information content (AvgIpc) is 3.00. The van der Waals surface area contributed by atoms with Crippen LogP contribution in [0.5, 0.6) is 0 Å². The summed E-state index contributed by atoms with van der Waals surface area (Å²) >= 11 is 0. The molecule has 1 aliphatic rings. The van der Waals surface area contributed by atoms with Crippen molar-refractivity contribution in [3.63, 3.8) is 0 Å². The van der Waals surface area contributed by atoms with E-state index >= 15 is 0 Å². The molecule has 0 atom stereocenters. The molecule has 0 spiro atoms. The van der Waals surface area contributed by atoms with Gasteiger partial charge < -0.3 is 25.0 Å². The number of fused-ring (bicyclic) bond motifs is 1. The number of nitrogens with zero attached hydrogens (tertiary/aromatic N) is 2. The number of pyridine rings is 1. The maximum atomic E-state index is 12.9. The topological polar surface area (TPSA) is 110 Å². The minimum atomic E-state index is -0.452. The number of ether oxygens (including phenoxy) is 2. The first-order chi connectivity index (χ1) is 20.0. The molecule has 5 rings (SSSR count). The van der Waals surface area contributed by atoms with Crippen LogP contribution in [0.2, 0.25) is 0 Å². The van der Waals surface area contributed by atoms with Crippen LogP contribution in [0.1, 0.15) is 33.3 Å². The molecule has 0 saturated carbocycles. The van der Waals surface area contributed by atoms with Crippen molar-refractivity contribution in [1.29, 1.82) is 0 Å². The zero-order valence-corrected chi connectivity index (χ0v) is 22.6. The summed E-state index contributed by atoms with van der Waals surface area (Å²) in [6.07, 6.45) is 3.24. The summed E-state index contributed by atoms with van der Waals surface area (Å²) < 4.78 is 10.5. The standard InChI is InChI=1S/C32H30N4O5/c1-2-41-31(38)23-9-13-25(14-10-23)35-32(39)34-24-11-7-22(8-12-24)30(37)16-15-26-21-29(36-17-19-40-20-18-36)27-5-3-4-6-28(27)33-26/h3-16,21H,2,17-20H2,1H3,(H2,34,35,39). The Morgan fingerprint density at radius 2 is 1.54 bits per heavy atom. The Balaban J connectivity index is 1.21. The van der Waals surface area contributed by atoms with E-state index in [-0.39, 0.29) is 5.78 Å². The number of benzene rings is 3. The molecular weight excluding hydrogens is 520 g/mol. The highest BCUT2D eigenvalue weighted by Crippen LogP contribution is 2.28. The van der Waals surface area contributed by atoms with Gasteiger partial charge >= 0.3 is 12.0 Å². The Morgan fingerprint density at radius 3 is 2.20 bits per heavy atom. The number of urea groups is 1. The fourth-order valence-corrected chi connectivity index (χ4v) is 4.50. The van der Waals surface area contributed by atoms with E-state index < -0.39 is 12.0 Å². The molecule has 2 amide bonds. The molecule has 0 unspecified atom stereocenters. The zero-order chi connectivity index (χ0) is 28.6. The van der Waals surface area contributed by atoms with Crippen molar-refractivity contribution >= 4 is 51.8 Å². The smallest absolute Gasteiger partial charge is 0.338 e. The van der Waals surface area contributed by atoms with Crippen LogP contribution in [0.25, 0.3) is 17.0 Å². The van der Waals surface area contributed by atoms with E-state index in [2.05, 4.69) is 21.6 Å². The molecule has 2 N–H and O–H groups in total. The Labute approximate surface area is 237 Å². The first-order valence-electron chi connectivity index (χ1n) is 13.4. The normalized spacial score (nSPS) is 13.2. The van der Waals surface area contributed by atoms with Crippen molar-refractivity contribution in [2.24, 2.45) is 0 Å². The quantitative estimate of drug-likeness (QED) is 0.162. The van der Waals surface area contributed by atoms with E-state index in [1.54, 1.807) is 61.5 Å². The lowest BCUT2D eigenvalue weighted by Crippen LogP contribution is -2.36. The molecule has 0 radical (unpaired) electrons. The summed E-state index contributed by atoms with van der Waals surface area (Å²) in [4.78, 5) is 44.1. The molecule has 4 aromatic rings. The van der Waals surface area contributed by atoms with Gasteiger partial charge in [0, 0.05) is 41.1 Å². The zero-order valence-electron chi connectivity index (χ0n) is 22.6. The second-order valence-electron chi connectivity index (χ2n) is 9.33. The van der Waals surface area contributed by atoms with E-state index in [1.165, 1.54) is 6.08 Å². The van der Waals surface area contributed by atoms with E-state index in [1.807, 2.05) is 24.3 Å². The lowest BCUT2D eigenvalue weighted by Gasteiger charge is -2.30. The van der Waals surface area contributed by atoms with E-state index in [0.717, 1.165) is 29.7 Å². The summed E-state index contributed by atoms with van der Waals surface area (Å²) in [5.74, 6) is -0.593. The summed E-state index contributed by atoms with van der Waals surface area (Å²) in [7, 11) is 0. The van der Waals surface area contributed by atoms with E-state index in [4.69, 9.17) is 14.5 Å². The number of nitrogens with one attached hydrogen (secondary N) is 2. The Bertz CT molecular complexity index is 1580. The Kier molecular flexibility index (Phi) is 8.66. The van der Waals surface area contributed by atoms with Crippen LogP contribution in [-0.2, 0) is 9.47 Å². The fourth-order valence-electron chi connectivity index (χ4n) is 4.50. The number of esters is 1. The van der Waals surface area contributed by atoms with E-state index in [0.29, 0.717) is 48.0 Å². The monoisotopic (exact) mass is 550 g/mol. The summed E-state index contributed by atoms with van der Waals surface area (Å²) in [6.45, 7) is 4.99. The molecular formula is C32H30N4O5. The van der Waals surface area contributed by atoms with Crippen LogP contribution < -0.4 is 15.5 Å². The van der Waals surface area contributed by atoms with Gasteiger partial charge in [0.05, 0.1) is 36.6 Å². The van der Waals surface area contributed by atoms with E-state index in [9.17, 15) is 14.4 Å². The van der Waals surface area contributed by atoms with Gasteiger partial charge in [0.25, 0.3) is 0 Å². The lowest BCUT2D eigenvalue weighted by atomic mass is 10.1. The van der Waals surface area contributed by atoms with Gasteiger partial charge in [0.1, 0.15) is 0 Å². The summed E-state index contributed by atoms with van der Waals surface area (Å²) in [6, 6.07) is 22.6. The molecule has 1 saturated heterocycles. The number of hydrogen-bond donors (Lipinski definition) is 2. The fraction of sp³-hybridized carbons (Fsp3) is 0.188. The number of amides is 2. The molecule has 1 fully saturated rings. The minimum absolute atomic E-state index is 0.175. The number of para-hydroxylation sites is 1. The van der Waals surface area contributed by atoms with Gasteiger partial charge in [-0.1, -0.05) is 18.2 Å². The first-order valence-corrected chi connectivity index (χ1v) is 13.4. The number of allylic oxidation sites excluding steroid dienone is 1. The number of carbonyl (C=O) groups is 3. The Hall–Kier alpha value is -5.02. The predicted molar refractivity (Wildman–Crippen MR) is 160 cm³/mol. The maximum absolute atomic E-state index is 12.9. The first kappa shape index (κ1) is 27.5. The van der Waals surface area contributed by atoms with Crippen LogP contribution in [0.4, 0.5) is 21.9 Å². The van der Waals surface area contributed by atoms with Crippen LogP contribution >= 0.6 is 0 Å². The molecule has 2 heterocycles. The number of hydrogen-bond acceptors (Lipinski definition) is 7. The third-order valence-electron chi connectivity index (χ3n) is 6.55. The lowest BCUT2D eigenvalue weighted by molar-refractivity contribution is 0.0526. The van der Waals surface area contributed by atoms with Crippen molar-refractivity contribution < 1.29 is 23.9 Å². The number of anilines is 3. The predicted octanol–water partition coefficient (Wildman–Crippen LogP) is 5.79. The van der Waals surface area contributed by atoms with Crippen molar-refractivity contribution in [3.8, 4) is 0 Å². The highest BCUT2D eigenvalue weighted by atomic mass is 16.5. The van der Waals surface area contributed by atoms with Gasteiger partial charge in [-0.3, -0.25) is 4.79 Å². The van der Waals surface area contributed by atoms with Crippen LogP contribution in [-0.4, -0.2) is 55.7 Å². The summed E-state index contributed by atoms with van der Waals surface area (Å²) in [5.41, 5.74) is 4.58. The van der Waals surface area contributed by atoms with Crippen LogP contribution in [0.15, 0.2) is 84.9 Å². The highest BCUT2D eigenvalue weighted by Gasteiger charge is 2.15. The molecule has 9 heteroatoms. The van der Waals surface area contributed by atoms with Gasteiger partial charge in [-0.15, -0.1) is 0 Å². The molecule has 9 nitrogen and oxygen atoms in total. The molecule has 208 valence electrons. The average molecular weight is 551 g/mol. The number of morpholine rings is 1. The maximum Gasteiger partial charge on any atom is 0.338 e. The van der Waals surface area contributed by atoms with Gasteiger partial charge in [0.15, 0.2) is 5.78 Å². The van der Waals surface area contributed by atoms with Crippen molar-refractivity contribution in [2.75, 3.05) is 48.4 Å². The molecule has 0 aliphatic carbocycles. The van der Waals surface area contributed by atoms with Crippen molar-refractivity contribution in [1.82, 2.24) is 4.98 Å². The van der Waals surface area contributed by atoms with Crippen LogP contribution in [0.3, 0.4) is 0 Å². The molecule has 1 aromatic heterocycles. The molecule has 3 aromatic carbocycles. The molecule has 0 bridgehead atoms. The SMILES string of the molecule is CCOC(=O)c1ccc(NC(=O)Nc2ccc(C(=O)C=Cc3cc(N4CCOCC4)c4ccccc4n3)cc2)cc1. The second-order valence-corrected chi connectivity index (χ2v) is 9.33. The summed E-state index contributed by atoms with van der Waals surface area (Å²) in [5, 5.41) is 6.51. The molecule has 1 aliphatic heterocycles. The van der Waals surface area contributed by atoms with Crippen molar-refractivity contribution in [2.45, 2.75) is 6.92 Å². The highest BCUT2D eigenvalue weighted by molar-refractivity contribution is 6.07. The van der Waals surface area contributed by atoms with Crippen molar-refractivity contribution in [3.05, 3.63) is 102 Å². The number of carbonyl (C=O) groups excluding carboxylic acids is 3. The van der Waals surface area contributed by atoms with Crippen LogP contribution in [0, 0.1) is 0 Å².